The third-order valence-electron chi connectivity index (χ3n) is 3.43. The van der Waals surface area contributed by atoms with Crippen molar-refractivity contribution in [3.63, 3.8) is 0 Å². The van der Waals surface area contributed by atoms with E-state index in [-0.39, 0.29) is 5.91 Å². The van der Waals surface area contributed by atoms with Gasteiger partial charge in [0.1, 0.15) is 5.58 Å². The number of hydrogen-bond donors (Lipinski definition) is 1. The average Bonchev–Trinajstić information content (AvgIpc) is 2.85. The maximum absolute atomic E-state index is 12.3. The molecule has 2 rings (SSSR count). The number of nitrogens with two attached hydrogens (primary N) is 1. The predicted molar refractivity (Wildman–Crippen MR) is 80.8 cm³/mol. The smallest absolute Gasteiger partial charge is 0.289 e. The van der Waals surface area contributed by atoms with E-state index in [1.807, 2.05) is 38.2 Å². The molecule has 0 saturated heterocycles. The van der Waals surface area contributed by atoms with Gasteiger partial charge in [0, 0.05) is 19.0 Å². The zero-order chi connectivity index (χ0) is 14.5. The van der Waals surface area contributed by atoms with Crippen molar-refractivity contribution in [2.24, 2.45) is 5.73 Å². The van der Waals surface area contributed by atoms with Gasteiger partial charge in [0.15, 0.2) is 5.76 Å². The van der Waals surface area contributed by atoms with Crippen LogP contribution in [-0.2, 0) is 0 Å². The second-order valence-corrected chi connectivity index (χ2v) is 5.23. The molecule has 2 N–H and O–H groups in total. The van der Waals surface area contributed by atoms with Crippen LogP contribution in [0.1, 0.15) is 35.4 Å². The Hall–Kier alpha value is -1.81. The molecular formula is C16H22N2O2. The van der Waals surface area contributed by atoms with Gasteiger partial charge in [-0.15, -0.1) is 0 Å². The monoisotopic (exact) mass is 274 g/mol. The fraction of sp³-hybridized carbons (Fsp3) is 0.438. The number of furan rings is 1. The summed E-state index contributed by atoms with van der Waals surface area (Å²) in [6, 6.07) is 7.73. The van der Waals surface area contributed by atoms with Crippen LogP contribution in [0.4, 0.5) is 0 Å². The van der Waals surface area contributed by atoms with Gasteiger partial charge in [-0.3, -0.25) is 4.79 Å². The molecule has 1 aromatic heterocycles. The summed E-state index contributed by atoms with van der Waals surface area (Å²) in [5.74, 6) is 0.346. The van der Waals surface area contributed by atoms with Crippen LogP contribution in [-0.4, -0.2) is 30.9 Å². The van der Waals surface area contributed by atoms with Crippen molar-refractivity contribution >= 4 is 16.9 Å². The van der Waals surface area contributed by atoms with Crippen LogP contribution < -0.4 is 5.73 Å². The fourth-order valence-corrected chi connectivity index (χ4v) is 2.23. The molecular weight excluding hydrogens is 252 g/mol. The van der Waals surface area contributed by atoms with Crippen molar-refractivity contribution in [3.8, 4) is 0 Å². The molecule has 0 bridgehead atoms. The minimum atomic E-state index is -0.0633. The van der Waals surface area contributed by atoms with Gasteiger partial charge in [0.25, 0.3) is 5.91 Å². The van der Waals surface area contributed by atoms with Gasteiger partial charge in [-0.05, 0) is 44.5 Å². The lowest BCUT2D eigenvalue weighted by Crippen LogP contribution is -2.27. The van der Waals surface area contributed by atoms with Crippen molar-refractivity contribution < 1.29 is 9.21 Å². The van der Waals surface area contributed by atoms with E-state index in [1.54, 1.807) is 4.90 Å². The van der Waals surface area contributed by atoms with Crippen LogP contribution in [0.3, 0.4) is 0 Å². The molecule has 0 aliphatic carbocycles. The molecule has 4 nitrogen and oxygen atoms in total. The maximum Gasteiger partial charge on any atom is 0.289 e. The summed E-state index contributed by atoms with van der Waals surface area (Å²) in [5.41, 5.74) is 7.38. The molecule has 1 heterocycles. The number of rotatable bonds is 6. The standard InChI is InChI=1S/C16H22N2O2/c1-12-6-7-14-13(10-12)11-15(20-14)16(19)18(2)9-5-3-4-8-17/h6-7,10-11H,3-5,8-9,17H2,1-2H3. The highest BCUT2D eigenvalue weighted by Gasteiger charge is 2.16. The Balaban J connectivity index is 2.03. The first-order valence-electron chi connectivity index (χ1n) is 7.07. The average molecular weight is 274 g/mol. The van der Waals surface area contributed by atoms with Gasteiger partial charge in [0.2, 0.25) is 0 Å². The van der Waals surface area contributed by atoms with Crippen LogP contribution >= 0.6 is 0 Å². The third kappa shape index (κ3) is 3.39. The minimum absolute atomic E-state index is 0.0633. The van der Waals surface area contributed by atoms with E-state index in [0.29, 0.717) is 12.3 Å². The van der Waals surface area contributed by atoms with Crippen molar-refractivity contribution in [1.29, 1.82) is 0 Å². The molecule has 4 heteroatoms. The number of aryl methyl sites for hydroxylation is 1. The van der Waals surface area contributed by atoms with Crippen molar-refractivity contribution in [3.05, 3.63) is 35.6 Å². The van der Waals surface area contributed by atoms with E-state index in [2.05, 4.69) is 0 Å². The second-order valence-electron chi connectivity index (χ2n) is 5.23. The molecule has 1 amide bonds. The summed E-state index contributed by atoms with van der Waals surface area (Å²) in [4.78, 5) is 14.0. The summed E-state index contributed by atoms with van der Waals surface area (Å²) in [5, 5.41) is 0.977. The Morgan fingerprint density at radius 2 is 2.05 bits per heavy atom. The number of nitrogens with zero attached hydrogens (tertiary/aromatic N) is 1. The predicted octanol–water partition coefficient (Wildman–Crippen LogP) is 2.94. The van der Waals surface area contributed by atoms with Crippen LogP contribution in [0.25, 0.3) is 11.0 Å². The van der Waals surface area contributed by atoms with Gasteiger partial charge in [-0.1, -0.05) is 18.1 Å². The Kier molecular flexibility index (Phi) is 4.79. The molecule has 0 saturated carbocycles. The van der Waals surface area contributed by atoms with Crippen molar-refractivity contribution in [2.75, 3.05) is 20.1 Å². The normalized spacial score (nSPS) is 10.9. The molecule has 108 valence electrons. The lowest BCUT2D eigenvalue weighted by molar-refractivity contribution is 0.0763. The lowest BCUT2D eigenvalue weighted by atomic mass is 10.2. The summed E-state index contributed by atoms with van der Waals surface area (Å²) in [6.07, 6.45) is 3.03. The summed E-state index contributed by atoms with van der Waals surface area (Å²) in [6.45, 7) is 3.47. The minimum Gasteiger partial charge on any atom is -0.451 e. The fourth-order valence-electron chi connectivity index (χ4n) is 2.23. The molecule has 0 atom stereocenters. The van der Waals surface area contributed by atoms with Gasteiger partial charge in [0.05, 0.1) is 0 Å². The van der Waals surface area contributed by atoms with Gasteiger partial charge in [-0.2, -0.15) is 0 Å². The molecule has 0 radical (unpaired) electrons. The quantitative estimate of drug-likeness (QED) is 0.824. The van der Waals surface area contributed by atoms with Crippen LogP contribution in [0.15, 0.2) is 28.7 Å². The highest BCUT2D eigenvalue weighted by atomic mass is 16.3. The topological polar surface area (TPSA) is 59.5 Å². The van der Waals surface area contributed by atoms with E-state index in [1.165, 1.54) is 0 Å². The van der Waals surface area contributed by atoms with Gasteiger partial charge in [-0.25, -0.2) is 0 Å². The molecule has 0 fully saturated rings. The Morgan fingerprint density at radius 1 is 1.25 bits per heavy atom. The second kappa shape index (κ2) is 6.57. The first-order valence-corrected chi connectivity index (χ1v) is 7.07. The largest absolute Gasteiger partial charge is 0.451 e. The van der Waals surface area contributed by atoms with Crippen LogP contribution in [0.5, 0.6) is 0 Å². The van der Waals surface area contributed by atoms with Crippen molar-refractivity contribution in [2.45, 2.75) is 26.2 Å². The molecule has 2 aromatic rings. The number of benzene rings is 1. The maximum atomic E-state index is 12.3. The molecule has 1 aromatic carbocycles. The van der Waals surface area contributed by atoms with Crippen LogP contribution in [0.2, 0.25) is 0 Å². The van der Waals surface area contributed by atoms with Crippen molar-refractivity contribution in [1.82, 2.24) is 4.90 Å². The highest BCUT2D eigenvalue weighted by Crippen LogP contribution is 2.21. The third-order valence-corrected chi connectivity index (χ3v) is 3.43. The number of carbonyl (C=O) groups excluding carboxylic acids is 1. The number of fused-ring (bicyclic) bond motifs is 1. The molecule has 0 aliphatic rings. The van der Waals surface area contributed by atoms with Crippen LogP contribution in [0, 0.1) is 6.92 Å². The first kappa shape index (κ1) is 14.6. The first-order chi connectivity index (χ1) is 9.61. The van der Waals surface area contributed by atoms with Gasteiger partial charge >= 0.3 is 0 Å². The van der Waals surface area contributed by atoms with E-state index in [0.717, 1.165) is 42.3 Å². The molecule has 0 aliphatic heterocycles. The Labute approximate surface area is 119 Å². The highest BCUT2D eigenvalue weighted by molar-refractivity contribution is 5.96. The summed E-state index contributed by atoms with van der Waals surface area (Å²) in [7, 11) is 1.81. The SMILES string of the molecule is Cc1ccc2oc(C(=O)N(C)CCCCCN)cc2c1. The molecule has 20 heavy (non-hydrogen) atoms. The molecule has 0 unspecified atom stereocenters. The van der Waals surface area contributed by atoms with Gasteiger partial charge < -0.3 is 15.1 Å². The zero-order valence-corrected chi connectivity index (χ0v) is 12.2. The summed E-state index contributed by atoms with van der Waals surface area (Å²) >= 11 is 0. The van der Waals surface area contributed by atoms with E-state index in [4.69, 9.17) is 10.2 Å². The van der Waals surface area contributed by atoms with E-state index in [9.17, 15) is 4.79 Å². The van der Waals surface area contributed by atoms with E-state index >= 15 is 0 Å². The Morgan fingerprint density at radius 3 is 2.80 bits per heavy atom. The summed E-state index contributed by atoms with van der Waals surface area (Å²) < 4.78 is 5.62. The number of amides is 1. The number of unbranched alkanes of at least 4 members (excludes halogenated alkanes) is 2. The molecule has 0 spiro atoms. The number of hydrogen-bond acceptors (Lipinski definition) is 3. The number of carbonyl (C=O) groups is 1. The lowest BCUT2D eigenvalue weighted by Gasteiger charge is -2.15. The Bertz CT molecular complexity index is 589. The zero-order valence-electron chi connectivity index (χ0n) is 12.2. The van der Waals surface area contributed by atoms with E-state index < -0.39 is 0 Å².